The van der Waals surface area contributed by atoms with Crippen LogP contribution in [0.2, 0.25) is 0 Å². The second-order valence-corrected chi connectivity index (χ2v) is 7.48. The highest BCUT2D eigenvalue weighted by Crippen LogP contribution is 2.31. The largest absolute Gasteiger partial charge is 0.462 e. The molecule has 2 aromatic carbocycles. The average molecular weight is 471 g/mol. The lowest BCUT2D eigenvalue weighted by molar-refractivity contribution is -0.120. The van der Waals surface area contributed by atoms with Gasteiger partial charge in [0.15, 0.2) is 0 Å². The molecule has 1 N–H and O–H groups in total. The number of benzene rings is 2. The van der Waals surface area contributed by atoms with E-state index < -0.39 is 23.8 Å². The molecule has 0 radical (unpaired) electrons. The van der Waals surface area contributed by atoms with Gasteiger partial charge in [0.05, 0.1) is 30.0 Å². The highest BCUT2D eigenvalue weighted by molar-refractivity contribution is 6.53. The molecule has 1 heterocycles. The number of anilines is 2. The smallest absolute Gasteiger partial charge is 0.338 e. The molecule has 0 atom stereocenters. The van der Waals surface area contributed by atoms with E-state index >= 15 is 0 Å². The molecule has 0 bridgehead atoms. The van der Waals surface area contributed by atoms with Crippen LogP contribution in [0.5, 0.6) is 0 Å². The summed E-state index contributed by atoms with van der Waals surface area (Å²) in [5, 5.41) is 2.51. The number of carbonyl (C=O) groups excluding carboxylic acids is 4. The first-order valence-corrected chi connectivity index (χ1v) is 10.8. The highest BCUT2D eigenvalue weighted by atomic mass is 35.5. The molecule has 0 saturated carbocycles. The highest BCUT2D eigenvalue weighted by Gasteiger charge is 2.39. The molecule has 33 heavy (non-hydrogen) atoms. The molecule has 0 saturated heterocycles. The second kappa shape index (κ2) is 10.8. The molecule has 2 aromatic rings. The topological polar surface area (TPSA) is 102 Å². The molecule has 3 rings (SSSR count). The third kappa shape index (κ3) is 5.40. The summed E-state index contributed by atoms with van der Waals surface area (Å²) in [6.07, 6.45) is 1.62. The van der Waals surface area contributed by atoms with Gasteiger partial charge in [-0.1, -0.05) is 37.1 Å². The summed E-state index contributed by atoms with van der Waals surface area (Å²) >= 11 is 6.18. The number of nitrogens with one attached hydrogen (secondary N) is 1. The van der Waals surface area contributed by atoms with Gasteiger partial charge < -0.3 is 14.8 Å². The number of imide groups is 1. The van der Waals surface area contributed by atoms with E-state index in [4.69, 9.17) is 21.1 Å². The Hall–Kier alpha value is -3.65. The third-order valence-electron chi connectivity index (χ3n) is 4.74. The molecule has 2 amide bonds. The van der Waals surface area contributed by atoms with E-state index in [1.807, 2.05) is 6.92 Å². The average Bonchev–Trinajstić information content (AvgIpc) is 3.02. The fourth-order valence-corrected chi connectivity index (χ4v) is 3.31. The number of amides is 2. The van der Waals surface area contributed by atoms with Crippen LogP contribution in [0.3, 0.4) is 0 Å². The van der Waals surface area contributed by atoms with Gasteiger partial charge in [-0.2, -0.15) is 0 Å². The number of halogens is 1. The minimum atomic E-state index is -0.734. The van der Waals surface area contributed by atoms with Gasteiger partial charge in [-0.25, -0.2) is 14.5 Å². The minimum Gasteiger partial charge on any atom is -0.462 e. The lowest BCUT2D eigenvalue weighted by Gasteiger charge is -2.16. The molecule has 172 valence electrons. The molecular formula is C24H23ClN2O6. The number of esters is 2. The van der Waals surface area contributed by atoms with E-state index in [-0.39, 0.29) is 40.8 Å². The summed E-state index contributed by atoms with van der Waals surface area (Å²) in [4.78, 5) is 50.9. The van der Waals surface area contributed by atoms with Crippen molar-refractivity contribution >= 4 is 46.7 Å². The zero-order valence-corrected chi connectivity index (χ0v) is 19.0. The van der Waals surface area contributed by atoms with Gasteiger partial charge in [0.1, 0.15) is 10.7 Å². The molecule has 1 aliphatic heterocycles. The summed E-state index contributed by atoms with van der Waals surface area (Å²) in [6.45, 7) is 4.18. The summed E-state index contributed by atoms with van der Waals surface area (Å²) in [6, 6.07) is 12.3. The Morgan fingerprint density at radius 1 is 0.939 bits per heavy atom. The molecule has 0 spiro atoms. The maximum absolute atomic E-state index is 13.0. The van der Waals surface area contributed by atoms with Crippen molar-refractivity contribution in [1.82, 2.24) is 0 Å². The van der Waals surface area contributed by atoms with Crippen molar-refractivity contribution in [2.45, 2.75) is 26.7 Å². The molecule has 0 aliphatic carbocycles. The maximum atomic E-state index is 13.0. The first kappa shape index (κ1) is 24.0. The Morgan fingerprint density at radius 3 is 2.30 bits per heavy atom. The van der Waals surface area contributed by atoms with Crippen molar-refractivity contribution in [3.63, 3.8) is 0 Å². The van der Waals surface area contributed by atoms with Crippen LogP contribution in [0.15, 0.2) is 59.3 Å². The fourth-order valence-electron chi connectivity index (χ4n) is 3.09. The van der Waals surface area contributed by atoms with E-state index in [2.05, 4.69) is 5.32 Å². The van der Waals surface area contributed by atoms with Crippen molar-refractivity contribution in [3.05, 3.63) is 70.4 Å². The van der Waals surface area contributed by atoms with Crippen molar-refractivity contribution in [2.24, 2.45) is 0 Å². The van der Waals surface area contributed by atoms with Gasteiger partial charge in [-0.05, 0) is 49.7 Å². The van der Waals surface area contributed by atoms with Crippen LogP contribution in [-0.4, -0.2) is 37.0 Å². The van der Waals surface area contributed by atoms with E-state index in [1.165, 1.54) is 24.3 Å². The van der Waals surface area contributed by atoms with E-state index in [0.29, 0.717) is 5.69 Å². The molecule has 0 aromatic heterocycles. The maximum Gasteiger partial charge on any atom is 0.338 e. The quantitative estimate of drug-likeness (QED) is 0.332. The van der Waals surface area contributed by atoms with Crippen molar-refractivity contribution < 1.29 is 28.7 Å². The number of carbonyl (C=O) groups is 4. The van der Waals surface area contributed by atoms with Gasteiger partial charge >= 0.3 is 11.9 Å². The Morgan fingerprint density at radius 2 is 1.61 bits per heavy atom. The monoisotopic (exact) mass is 470 g/mol. The Balaban J connectivity index is 1.80. The van der Waals surface area contributed by atoms with Crippen LogP contribution in [0.4, 0.5) is 11.4 Å². The minimum absolute atomic E-state index is 0.140. The summed E-state index contributed by atoms with van der Waals surface area (Å²) < 4.78 is 10.2. The van der Waals surface area contributed by atoms with Gasteiger partial charge in [0.2, 0.25) is 0 Å². The molecule has 0 unspecified atom stereocenters. The van der Waals surface area contributed by atoms with Gasteiger partial charge in [0, 0.05) is 5.69 Å². The zero-order valence-electron chi connectivity index (χ0n) is 18.2. The summed E-state index contributed by atoms with van der Waals surface area (Å²) in [5.74, 6) is -2.48. The second-order valence-electron chi connectivity index (χ2n) is 7.10. The standard InChI is InChI=1S/C24H23ClN2O6/c1-3-5-12-33-24(31)16-9-7-11-18(14-16)27-21(28)19(25)20(22(27)29)26-17-10-6-8-15(13-17)23(30)32-4-2/h6-11,13-14,26H,3-5,12H2,1-2H3. The number of nitrogens with zero attached hydrogens (tertiary/aromatic N) is 1. The van der Waals surface area contributed by atoms with E-state index in [0.717, 1.165) is 17.7 Å². The predicted octanol–water partition coefficient (Wildman–Crippen LogP) is 4.26. The van der Waals surface area contributed by atoms with Crippen LogP contribution in [0.1, 0.15) is 47.4 Å². The molecule has 1 aliphatic rings. The first-order valence-electron chi connectivity index (χ1n) is 10.5. The van der Waals surface area contributed by atoms with E-state index in [9.17, 15) is 19.2 Å². The Bertz CT molecular complexity index is 1130. The normalized spacial score (nSPS) is 13.4. The molecule has 8 nitrogen and oxygen atoms in total. The molecule has 0 fully saturated rings. The van der Waals surface area contributed by atoms with Gasteiger partial charge in [-0.3, -0.25) is 9.59 Å². The Labute approximate surface area is 196 Å². The molecular weight excluding hydrogens is 448 g/mol. The van der Waals surface area contributed by atoms with Crippen LogP contribution < -0.4 is 10.2 Å². The number of unbranched alkanes of at least 4 members (excludes halogenated alkanes) is 1. The SMILES string of the molecule is CCCCOC(=O)c1cccc(N2C(=O)C(Cl)=C(Nc3cccc(C(=O)OCC)c3)C2=O)c1. The number of hydrogen-bond acceptors (Lipinski definition) is 7. The Kier molecular flexibility index (Phi) is 7.84. The summed E-state index contributed by atoms with van der Waals surface area (Å²) in [7, 11) is 0. The zero-order chi connectivity index (χ0) is 24.0. The number of rotatable bonds is 9. The fraction of sp³-hybridized carbons (Fsp3) is 0.250. The van der Waals surface area contributed by atoms with Crippen LogP contribution in [-0.2, 0) is 19.1 Å². The van der Waals surface area contributed by atoms with Gasteiger partial charge in [-0.15, -0.1) is 0 Å². The van der Waals surface area contributed by atoms with Gasteiger partial charge in [0.25, 0.3) is 11.8 Å². The van der Waals surface area contributed by atoms with Crippen molar-refractivity contribution in [2.75, 3.05) is 23.4 Å². The molecule has 9 heteroatoms. The lowest BCUT2D eigenvalue weighted by Crippen LogP contribution is -2.32. The summed E-state index contributed by atoms with van der Waals surface area (Å²) in [5.41, 5.74) is 0.916. The number of ether oxygens (including phenoxy) is 2. The first-order chi connectivity index (χ1) is 15.9. The lowest BCUT2D eigenvalue weighted by atomic mass is 10.2. The van der Waals surface area contributed by atoms with Crippen LogP contribution >= 0.6 is 11.6 Å². The predicted molar refractivity (Wildman–Crippen MR) is 123 cm³/mol. The van der Waals surface area contributed by atoms with Crippen LogP contribution in [0.25, 0.3) is 0 Å². The number of hydrogen-bond donors (Lipinski definition) is 1. The van der Waals surface area contributed by atoms with Crippen LogP contribution in [0, 0.1) is 0 Å². The third-order valence-corrected chi connectivity index (χ3v) is 5.09. The van der Waals surface area contributed by atoms with Crippen molar-refractivity contribution in [1.29, 1.82) is 0 Å². The van der Waals surface area contributed by atoms with E-state index in [1.54, 1.807) is 31.2 Å². The van der Waals surface area contributed by atoms with Crippen molar-refractivity contribution in [3.8, 4) is 0 Å².